The molecule has 24 heavy (non-hydrogen) atoms. The molecule has 0 aliphatic rings. The van der Waals surface area contributed by atoms with Crippen LogP contribution in [0.2, 0.25) is 5.02 Å². The summed E-state index contributed by atoms with van der Waals surface area (Å²) >= 11 is 5.85. The van der Waals surface area contributed by atoms with E-state index in [0.29, 0.717) is 0 Å². The van der Waals surface area contributed by atoms with Gasteiger partial charge in [0.1, 0.15) is 12.3 Å². The molecule has 0 spiro atoms. The van der Waals surface area contributed by atoms with Crippen molar-refractivity contribution in [1.29, 1.82) is 0 Å². The van der Waals surface area contributed by atoms with Crippen LogP contribution in [0.1, 0.15) is 15.9 Å². The Hall–Kier alpha value is -3.13. The van der Waals surface area contributed by atoms with Gasteiger partial charge in [0.2, 0.25) is 0 Å². The highest BCUT2D eigenvalue weighted by molar-refractivity contribution is 6.34. The molecule has 0 saturated heterocycles. The number of anilines is 1. The van der Waals surface area contributed by atoms with Gasteiger partial charge in [0, 0.05) is 6.07 Å². The zero-order valence-corrected chi connectivity index (χ0v) is 12.8. The molecule has 9 heteroatoms. The van der Waals surface area contributed by atoms with Crippen molar-refractivity contribution in [3.05, 3.63) is 68.7 Å². The molecule has 0 fully saturated rings. The highest BCUT2D eigenvalue weighted by Crippen LogP contribution is 2.34. The average molecular weight is 351 g/mol. The molecule has 0 radical (unpaired) electrons. The van der Waals surface area contributed by atoms with Crippen LogP contribution >= 0.6 is 11.6 Å². The summed E-state index contributed by atoms with van der Waals surface area (Å²) in [7, 11) is 0. The second-order valence-electron chi connectivity index (χ2n) is 4.60. The minimum absolute atomic E-state index is 0.0364. The molecule has 2 N–H and O–H groups in total. The van der Waals surface area contributed by atoms with E-state index in [4.69, 9.17) is 21.4 Å². The van der Waals surface area contributed by atoms with E-state index in [0.717, 1.165) is 17.7 Å². The van der Waals surface area contributed by atoms with Crippen LogP contribution in [-0.2, 0) is 11.3 Å². The number of ether oxygens (including phenoxy) is 1. The Morgan fingerprint density at radius 2 is 1.92 bits per heavy atom. The Morgan fingerprint density at radius 3 is 2.50 bits per heavy atom. The fourth-order valence-electron chi connectivity index (χ4n) is 1.84. The lowest BCUT2D eigenvalue weighted by molar-refractivity contribution is -0.383. The predicted molar refractivity (Wildman–Crippen MR) is 85.3 cm³/mol. The molecule has 0 saturated carbocycles. The SMILES string of the molecule is O=C(Nc1c(Cl)cc(C(=O)O)cc1[N+](=O)[O-])OCc1ccccc1. The standard InChI is InChI=1S/C15H11ClN2O6/c16-11-6-10(14(19)20)7-12(18(22)23)13(11)17-15(21)24-8-9-4-2-1-3-5-9/h1-7H,8H2,(H,17,21)(H,19,20). The second-order valence-corrected chi connectivity index (χ2v) is 5.01. The number of nitrogens with one attached hydrogen (secondary N) is 1. The summed E-state index contributed by atoms with van der Waals surface area (Å²) in [5.41, 5.74) is -0.606. The van der Waals surface area contributed by atoms with Crippen LogP contribution < -0.4 is 5.32 Å². The summed E-state index contributed by atoms with van der Waals surface area (Å²) in [5, 5.41) is 21.9. The van der Waals surface area contributed by atoms with Gasteiger partial charge in [-0.1, -0.05) is 41.9 Å². The van der Waals surface area contributed by atoms with Crippen LogP contribution in [-0.4, -0.2) is 22.1 Å². The molecular weight excluding hydrogens is 340 g/mol. The molecule has 0 unspecified atom stereocenters. The topological polar surface area (TPSA) is 119 Å². The Balaban J connectivity index is 2.17. The number of hydrogen-bond donors (Lipinski definition) is 2. The molecule has 2 aromatic rings. The summed E-state index contributed by atoms with van der Waals surface area (Å²) < 4.78 is 4.95. The fourth-order valence-corrected chi connectivity index (χ4v) is 2.11. The van der Waals surface area contributed by atoms with E-state index in [1.54, 1.807) is 30.3 Å². The normalized spacial score (nSPS) is 10.0. The van der Waals surface area contributed by atoms with Crippen LogP contribution in [0.4, 0.5) is 16.2 Å². The summed E-state index contributed by atoms with van der Waals surface area (Å²) in [6, 6.07) is 10.6. The monoisotopic (exact) mass is 350 g/mol. The third-order valence-corrected chi connectivity index (χ3v) is 3.25. The Labute approximate surface area is 140 Å². The summed E-state index contributed by atoms with van der Waals surface area (Å²) in [4.78, 5) is 33.0. The van der Waals surface area contributed by atoms with Gasteiger partial charge in [0.15, 0.2) is 0 Å². The van der Waals surface area contributed by atoms with Crippen LogP contribution in [0.15, 0.2) is 42.5 Å². The molecule has 1 amide bonds. The molecular formula is C15H11ClN2O6. The average Bonchev–Trinajstić information content (AvgIpc) is 2.55. The van der Waals surface area contributed by atoms with Gasteiger partial charge in [0.05, 0.1) is 15.5 Å². The van der Waals surface area contributed by atoms with Crippen molar-refractivity contribution < 1.29 is 24.4 Å². The number of carbonyl (C=O) groups is 2. The zero-order valence-electron chi connectivity index (χ0n) is 12.1. The maximum absolute atomic E-state index is 11.8. The minimum Gasteiger partial charge on any atom is -0.478 e. The number of carboxylic acid groups (broad SMARTS) is 1. The number of benzene rings is 2. The van der Waals surface area contributed by atoms with Crippen LogP contribution in [0.3, 0.4) is 0 Å². The molecule has 0 atom stereocenters. The number of hydrogen-bond acceptors (Lipinski definition) is 5. The Morgan fingerprint density at radius 1 is 1.25 bits per heavy atom. The van der Waals surface area contributed by atoms with Gasteiger partial charge in [-0.15, -0.1) is 0 Å². The van der Waals surface area contributed by atoms with E-state index in [1.807, 2.05) is 0 Å². The van der Waals surface area contributed by atoms with Crippen molar-refractivity contribution in [2.75, 3.05) is 5.32 Å². The molecule has 0 aliphatic heterocycles. The number of nitrogens with zero attached hydrogens (tertiary/aromatic N) is 1. The van der Waals surface area contributed by atoms with Gasteiger partial charge < -0.3 is 9.84 Å². The summed E-state index contributed by atoms with van der Waals surface area (Å²) in [6.45, 7) is -0.0364. The fraction of sp³-hybridized carbons (Fsp3) is 0.0667. The van der Waals surface area contributed by atoms with Crippen molar-refractivity contribution in [3.8, 4) is 0 Å². The lowest BCUT2D eigenvalue weighted by Crippen LogP contribution is -2.15. The van der Waals surface area contributed by atoms with Crippen LogP contribution in [0.5, 0.6) is 0 Å². The van der Waals surface area contributed by atoms with Crippen molar-refractivity contribution in [2.45, 2.75) is 6.61 Å². The van der Waals surface area contributed by atoms with E-state index in [-0.39, 0.29) is 22.9 Å². The summed E-state index contributed by atoms with van der Waals surface area (Å²) in [5.74, 6) is -1.38. The highest BCUT2D eigenvalue weighted by atomic mass is 35.5. The number of carbonyl (C=O) groups excluding carboxylic acids is 1. The number of amides is 1. The maximum Gasteiger partial charge on any atom is 0.412 e. The molecule has 0 bridgehead atoms. The van der Waals surface area contributed by atoms with Crippen molar-refractivity contribution >= 4 is 35.0 Å². The first kappa shape index (κ1) is 17.2. The number of rotatable bonds is 5. The second kappa shape index (κ2) is 7.42. The van der Waals surface area contributed by atoms with Crippen molar-refractivity contribution in [1.82, 2.24) is 0 Å². The van der Waals surface area contributed by atoms with Crippen LogP contribution in [0, 0.1) is 10.1 Å². The van der Waals surface area contributed by atoms with Gasteiger partial charge in [-0.25, -0.2) is 9.59 Å². The molecule has 2 rings (SSSR count). The number of nitro groups is 1. The Kier molecular flexibility index (Phi) is 5.33. The quantitative estimate of drug-likeness (QED) is 0.627. The minimum atomic E-state index is -1.38. The Bertz CT molecular complexity index is 794. The first-order chi connectivity index (χ1) is 11.4. The third-order valence-electron chi connectivity index (χ3n) is 2.95. The third kappa shape index (κ3) is 4.20. The van der Waals surface area contributed by atoms with Crippen molar-refractivity contribution in [3.63, 3.8) is 0 Å². The van der Waals surface area contributed by atoms with Crippen molar-refractivity contribution in [2.24, 2.45) is 0 Å². The molecule has 2 aromatic carbocycles. The van der Waals surface area contributed by atoms with E-state index in [1.165, 1.54) is 0 Å². The van der Waals surface area contributed by atoms with E-state index in [2.05, 4.69) is 5.32 Å². The van der Waals surface area contributed by atoms with E-state index >= 15 is 0 Å². The molecule has 0 aromatic heterocycles. The van der Waals surface area contributed by atoms with Gasteiger partial charge in [-0.2, -0.15) is 0 Å². The number of aromatic carboxylic acids is 1. The van der Waals surface area contributed by atoms with Gasteiger partial charge in [-0.3, -0.25) is 15.4 Å². The first-order valence-electron chi connectivity index (χ1n) is 6.57. The largest absolute Gasteiger partial charge is 0.478 e. The smallest absolute Gasteiger partial charge is 0.412 e. The number of nitro benzene ring substituents is 1. The molecule has 0 heterocycles. The zero-order chi connectivity index (χ0) is 17.7. The summed E-state index contributed by atoms with van der Waals surface area (Å²) in [6.07, 6.45) is -0.952. The molecule has 124 valence electrons. The number of halogens is 1. The predicted octanol–water partition coefficient (Wildman–Crippen LogP) is 3.70. The van der Waals surface area contributed by atoms with Gasteiger partial charge in [0.25, 0.3) is 5.69 Å². The van der Waals surface area contributed by atoms with Gasteiger partial charge >= 0.3 is 12.1 Å². The lowest BCUT2D eigenvalue weighted by Gasteiger charge is -2.09. The maximum atomic E-state index is 11.8. The highest BCUT2D eigenvalue weighted by Gasteiger charge is 2.23. The van der Waals surface area contributed by atoms with E-state index in [9.17, 15) is 19.7 Å². The van der Waals surface area contributed by atoms with E-state index < -0.39 is 22.7 Å². The van der Waals surface area contributed by atoms with Gasteiger partial charge in [-0.05, 0) is 11.6 Å². The molecule has 8 nitrogen and oxygen atoms in total. The first-order valence-corrected chi connectivity index (χ1v) is 6.95. The number of carboxylic acids is 1. The lowest BCUT2D eigenvalue weighted by atomic mass is 10.1. The molecule has 0 aliphatic carbocycles. The van der Waals surface area contributed by atoms with Crippen LogP contribution in [0.25, 0.3) is 0 Å².